The smallest absolute Gasteiger partial charge is 0.269 e. The third-order valence-corrected chi connectivity index (χ3v) is 3.45. The van der Waals surface area contributed by atoms with Crippen LogP contribution in [0.2, 0.25) is 0 Å². The molecule has 0 aliphatic carbocycles. The van der Waals surface area contributed by atoms with Crippen LogP contribution in [0, 0.1) is 0 Å². The van der Waals surface area contributed by atoms with Crippen LogP contribution in [0.4, 0.5) is 0 Å². The van der Waals surface area contributed by atoms with Gasteiger partial charge in [-0.25, -0.2) is 0 Å². The Hall–Kier alpha value is -1.29. The molecule has 1 amide bonds. The summed E-state index contributed by atoms with van der Waals surface area (Å²) in [5, 5.41) is 1.09. The van der Waals surface area contributed by atoms with E-state index >= 15 is 0 Å². The van der Waals surface area contributed by atoms with Gasteiger partial charge < -0.3 is 9.47 Å². The van der Waals surface area contributed by atoms with E-state index in [9.17, 15) is 4.79 Å². The van der Waals surface area contributed by atoms with Gasteiger partial charge >= 0.3 is 0 Å². The number of halogens is 1. The van der Waals surface area contributed by atoms with Crippen LogP contribution in [-0.4, -0.2) is 29.5 Å². The first-order valence-corrected chi connectivity index (χ1v) is 6.35. The molecule has 0 radical (unpaired) electrons. The van der Waals surface area contributed by atoms with Gasteiger partial charge in [0.05, 0.1) is 5.52 Å². The summed E-state index contributed by atoms with van der Waals surface area (Å²) in [7, 11) is 3.55. The molecule has 4 heteroatoms. The molecule has 0 unspecified atom stereocenters. The number of hydrogen-bond acceptors (Lipinski definition) is 1. The van der Waals surface area contributed by atoms with Crippen LogP contribution in [0.5, 0.6) is 0 Å². The van der Waals surface area contributed by atoms with Crippen molar-refractivity contribution in [2.45, 2.75) is 13.5 Å². The first-order valence-electron chi connectivity index (χ1n) is 5.55. The highest BCUT2D eigenvalue weighted by Gasteiger charge is 2.17. The zero-order valence-corrected chi connectivity index (χ0v) is 11.8. The molecule has 1 aromatic heterocycles. The minimum absolute atomic E-state index is 0.0370. The van der Waals surface area contributed by atoms with Crippen LogP contribution in [0.1, 0.15) is 17.4 Å². The maximum Gasteiger partial charge on any atom is 0.269 e. The molecule has 1 aromatic carbocycles. The van der Waals surface area contributed by atoms with Gasteiger partial charge in [0, 0.05) is 30.5 Å². The van der Waals surface area contributed by atoms with E-state index in [1.807, 2.05) is 35.8 Å². The fraction of sp³-hybridized carbons (Fsp3) is 0.308. The van der Waals surface area contributed by atoms with Crippen molar-refractivity contribution in [3.8, 4) is 0 Å². The standard InChI is InChI=1S/C13H15BrN2O/c1-4-16-11(13(17)15(2)3)8-9-6-5-7-10(14)12(9)16/h5-8H,4H2,1-3H3. The Kier molecular flexibility index (Phi) is 3.24. The predicted octanol–water partition coefficient (Wildman–Crippen LogP) is 3.13. The van der Waals surface area contributed by atoms with Gasteiger partial charge in [-0.1, -0.05) is 12.1 Å². The lowest BCUT2D eigenvalue weighted by atomic mass is 10.2. The van der Waals surface area contributed by atoms with Crippen LogP contribution < -0.4 is 0 Å². The normalized spacial score (nSPS) is 10.8. The number of fused-ring (bicyclic) bond motifs is 1. The van der Waals surface area contributed by atoms with Gasteiger partial charge in [-0.05, 0) is 35.0 Å². The summed E-state index contributed by atoms with van der Waals surface area (Å²) in [5.74, 6) is 0.0370. The highest BCUT2D eigenvalue weighted by Crippen LogP contribution is 2.27. The second-order valence-electron chi connectivity index (χ2n) is 4.15. The van der Waals surface area contributed by atoms with E-state index in [0.29, 0.717) is 0 Å². The molecule has 0 N–H and O–H groups in total. The van der Waals surface area contributed by atoms with Crippen molar-refractivity contribution in [1.29, 1.82) is 0 Å². The lowest BCUT2D eigenvalue weighted by Gasteiger charge is -2.13. The fourth-order valence-electron chi connectivity index (χ4n) is 2.01. The largest absolute Gasteiger partial charge is 0.343 e. The van der Waals surface area contributed by atoms with E-state index in [4.69, 9.17) is 0 Å². The topological polar surface area (TPSA) is 25.2 Å². The monoisotopic (exact) mass is 294 g/mol. The molecule has 0 atom stereocenters. The number of benzene rings is 1. The van der Waals surface area contributed by atoms with E-state index in [1.54, 1.807) is 19.0 Å². The van der Waals surface area contributed by atoms with Gasteiger partial charge in [0.1, 0.15) is 5.69 Å². The zero-order valence-electron chi connectivity index (χ0n) is 10.2. The van der Waals surface area contributed by atoms with E-state index < -0.39 is 0 Å². The quantitative estimate of drug-likeness (QED) is 0.835. The Bertz CT molecular complexity index is 572. The molecule has 90 valence electrons. The fourth-order valence-corrected chi connectivity index (χ4v) is 2.61. The third-order valence-electron chi connectivity index (χ3n) is 2.81. The maximum atomic E-state index is 12.1. The highest BCUT2D eigenvalue weighted by atomic mass is 79.9. The van der Waals surface area contributed by atoms with Gasteiger partial charge in [0.15, 0.2) is 0 Å². The summed E-state index contributed by atoms with van der Waals surface area (Å²) >= 11 is 3.54. The molecule has 2 rings (SSSR count). The Labute approximate surface area is 109 Å². The average Bonchev–Trinajstić information content (AvgIpc) is 2.67. The van der Waals surface area contributed by atoms with Crippen molar-refractivity contribution < 1.29 is 4.79 Å². The van der Waals surface area contributed by atoms with Crippen LogP contribution >= 0.6 is 15.9 Å². The summed E-state index contributed by atoms with van der Waals surface area (Å²) in [6.07, 6.45) is 0. The van der Waals surface area contributed by atoms with Crippen molar-refractivity contribution in [2.24, 2.45) is 0 Å². The maximum absolute atomic E-state index is 12.1. The molecule has 3 nitrogen and oxygen atoms in total. The highest BCUT2D eigenvalue weighted by molar-refractivity contribution is 9.10. The Morgan fingerprint density at radius 3 is 2.71 bits per heavy atom. The first kappa shape index (κ1) is 12.2. The number of aromatic nitrogens is 1. The number of para-hydroxylation sites is 1. The molecule has 1 heterocycles. The predicted molar refractivity (Wildman–Crippen MR) is 73.3 cm³/mol. The lowest BCUT2D eigenvalue weighted by Crippen LogP contribution is -2.24. The number of nitrogens with zero attached hydrogens (tertiary/aromatic N) is 2. The minimum atomic E-state index is 0.0370. The molecule has 0 aliphatic rings. The summed E-state index contributed by atoms with van der Waals surface area (Å²) in [6.45, 7) is 2.83. The second kappa shape index (κ2) is 4.53. The molecular weight excluding hydrogens is 280 g/mol. The Balaban J connectivity index is 2.73. The van der Waals surface area contributed by atoms with E-state index in [0.717, 1.165) is 27.6 Å². The van der Waals surface area contributed by atoms with Gasteiger partial charge in [-0.2, -0.15) is 0 Å². The van der Waals surface area contributed by atoms with Crippen LogP contribution in [0.25, 0.3) is 10.9 Å². The number of amides is 1. The molecule has 0 fully saturated rings. The molecule has 2 aromatic rings. The second-order valence-corrected chi connectivity index (χ2v) is 5.01. The van der Waals surface area contributed by atoms with Gasteiger partial charge in [0.25, 0.3) is 5.91 Å². The van der Waals surface area contributed by atoms with Crippen LogP contribution in [-0.2, 0) is 6.54 Å². The van der Waals surface area contributed by atoms with E-state index in [1.165, 1.54) is 0 Å². The Morgan fingerprint density at radius 1 is 1.41 bits per heavy atom. The van der Waals surface area contributed by atoms with E-state index in [2.05, 4.69) is 15.9 Å². The minimum Gasteiger partial charge on any atom is -0.343 e. The molecule has 17 heavy (non-hydrogen) atoms. The Morgan fingerprint density at radius 2 is 2.12 bits per heavy atom. The number of rotatable bonds is 2. The lowest BCUT2D eigenvalue weighted by molar-refractivity contribution is 0.0818. The van der Waals surface area contributed by atoms with Crippen molar-refractivity contribution >= 4 is 32.7 Å². The van der Waals surface area contributed by atoms with Gasteiger partial charge in [-0.15, -0.1) is 0 Å². The third kappa shape index (κ3) is 1.97. The van der Waals surface area contributed by atoms with Gasteiger partial charge in [0.2, 0.25) is 0 Å². The number of carbonyl (C=O) groups is 1. The summed E-state index contributed by atoms with van der Waals surface area (Å²) in [6, 6.07) is 7.96. The van der Waals surface area contributed by atoms with E-state index in [-0.39, 0.29) is 5.91 Å². The van der Waals surface area contributed by atoms with Crippen molar-refractivity contribution in [1.82, 2.24) is 9.47 Å². The molecule has 0 saturated heterocycles. The zero-order chi connectivity index (χ0) is 12.6. The van der Waals surface area contributed by atoms with Crippen LogP contribution in [0.15, 0.2) is 28.7 Å². The average molecular weight is 295 g/mol. The SMILES string of the molecule is CCn1c(C(=O)N(C)C)cc2cccc(Br)c21. The first-order chi connectivity index (χ1) is 8.06. The molecular formula is C13H15BrN2O. The summed E-state index contributed by atoms with van der Waals surface area (Å²) in [5.41, 5.74) is 1.82. The van der Waals surface area contributed by atoms with Crippen molar-refractivity contribution in [2.75, 3.05) is 14.1 Å². The molecule has 0 spiro atoms. The number of aryl methyl sites for hydroxylation is 1. The number of carbonyl (C=O) groups excluding carboxylic acids is 1. The van der Waals surface area contributed by atoms with Crippen molar-refractivity contribution in [3.63, 3.8) is 0 Å². The number of hydrogen-bond donors (Lipinski definition) is 0. The van der Waals surface area contributed by atoms with Gasteiger partial charge in [-0.3, -0.25) is 4.79 Å². The molecule has 0 aliphatic heterocycles. The van der Waals surface area contributed by atoms with Crippen LogP contribution in [0.3, 0.4) is 0 Å². The molecule has 0 saturated carbocycles. The molecule has 0 bridgehead atoms. The van der Waals surface area contributed by atoms with Crippen molar-refractivity contribution in [3.05, 3.63) is 34.4 Å². The summed E-state index contributed by atoms with van der Waals surface area (Å²) in [4.78, 5) is 13.7. The summed E-state index contributed by atoms with van der Waals surface area (Å²) < 4.78 is 3.07.